The van der Waals surface area contributed by atoms with Crippen LogP contribution in [0, 0.1) is 11.7 Å². The molecule has 1 unspecified atom stereocenters. The molecule has 2 N–H and O–H groups in total. The lowest BCUT2D eigenvalue weighted by Crippen LogP contribution is -2.14. The first kappa shape index (κ1) is 15.9. The molecule has 1 saturated carbocycles. The average Bonchev–Trinajstić information content (AvgIpc) is 3.44. The number of carbonyl (C=O) groups excluding carboxylic acids is 1. The van der Waals surface area contributed by atoms with Crippen LogP contribution in [0.3, 0.4) is 0 Å². The number of nitrogens with one attached hydrogen (secondary N) is 2. The SMILES string of the molecule is O=C(Nc1cccc(NC2CCCOc3ccc(F)cc32)c1)C1CC1. The van der Waals surface area contributed by atoms with E-state index < -0.39 is 0 Å². The quantitative estimate of drug-likeness (QED) is 0.861. The second-order valence-corrected chi connectivity index (χ2v) is 6.71. The van der Waals surface area contributed by atoms with Crippen LogP contribution in [0.1, 0.15) is 37.3 Å². The van der Waals surface area contributed by atoms with E-state index in [0.29, 0.717) is 6.61 Å². The van der Waals surface area contributed by atoms with E-state index in [2.05, 4.69) is 10.6 Å². The summed E-state index contributed by atoms with van der Waals surface area (Å²) in [5.41, 5.74) is 2.52. The van der Waals surface area contributed by atoms with E-state index in [9.17, 15) is 9.18 Å². The summed E-state index contributed by atoms with van der Waals surface area (Å²) in [5, 5.41) is 6.42. The molecule has 0 radical (unpaired) electrons. The van der Waals surface area contributed by atoms with E-state index >= 15 is 0 Å². The first-order chi connectivity index (χ1) is 12.2. The molecule has 1 fully saturated rings. The van der Waals surface area contributed by atoms with Gasteiger partial charge in [-0.05, 0) is 62.1 Å². The van der Waals surface area contributed by atoms with Gasteiger partial charge in [-0.1, -0.05) is 6.07 Å². The summed E-state index contributed by atoms with van der Waals surface area (Å²) in [4.78, 5) is 11.9. The first-order valence-corrected chi connectivity index (χ1v) is 8.79. The van der Waals surface area contributed by atoms with Crippen molar-refractivity contribution in [1.82, 2.24) is 0 Å². The van der Waals surface area contributed by atoms with Crippen molar-refractivity contribution >= 4 is 17.3 Å². The zero-order chi connectivity index (χ0) is 17.2. The molecule has 1 heterocycles. The topological polar surface area (TPSA) is 50.4 Å². The molecule has 2 aliphatic rings. The van der Waals surface area contributed by atoms with Crippen molar-refractivity contribution < 1.29 is 13.9 Å². The van der Waals surface area contributed by atoms with Crippen molar-refractivity contribution in [2.75, 3.05) is 17.2 Å². The van der Waals surface area contributed by atoms with Gasteiger partial charge >= 0.3 is 0 Å². The first-order valence-electron chi connectivity index (χ1n) is 8.79. The van der Waals surface area contributed by atoms with Crippen molar-refractivity contribution in [3.63, 3.8) is 0 Å². The number of rotatable bonds is 4. The van der Waals surface area contributed by atoms with Crippen LogP contribution in [0.4, 0.5) is 15.8 Å². The lowest BCUT2D eigenvalue weighted by atomic mass is 10.0. The van der Waals surface area contributed by atoms with Crippen LogP contribution in [0.5, 0.6) is 5.75 Å². The molecular weight excluding hydrogens is 319 g/mol. The van der Waals surface area contributed by atoms with Gasteiger partial charge in [0.1, 0.15) is 11.6 Å². The fraction of sp³-hybridized carbons (Fsp3) is 0.350. The predicted octanol–water partition coefficient (Wildman–Crippen LogP) is 4.50. The van der Waals surface area contributed by atoms with Crippen LogP contribution in [-0.2, 0) is 4.79 Å². The minimum absolute atomic E-state index is 0.0254. The van der Waals surface area contributed by atoms with Gasteiger partial charge in [0.05, 0.1) is 12.6 Å². The molecular formula is C20H21FN2O2. The lowest BCUT2D eigenvalue weighted by molar-refractivity contribution is -0.117. The summed E-state index contributed by atoms with van der Waals surface area (Å²) in [6.45, 7) is 0.633. The minimum atomic E-state index is -0.263. The van der Waals surface area contributed by atoms with Crippen LogP contribution in [0.2, 0.25) is 0 Å². The Morgan fingerprint density at radius 2 is 1.92 bits per heavy atom. The molecule has 0 saturated heterocycles. The van der Waals surface area contributed by atoms with E-state index in [0.717, 1.165) is 48.4 Å². The molecule has 2 aromatic rings. The number of amides is 1. The Labute approximate surface area is 146 Å². The largest absolute Gasteiger partial charge is 0.493 e. The lowest BCUT2D eigenvalue weighted by Gasteiger charge is -2.20. The van der Waals surface area contributed by atoms with Crippen LogP contribution in [-0.4, -0.2) is 12.5 Å². The number of halogens is 1. The number of carbonyl (C=O) groups is 1. The van der Waals surface area contributed by atoms with Crippen molar-refractivity contribution in [2.45, 2.75) is 31.7 Å². The van der Waals surface area contributed by atoms with Gasteiger partial charge in [0.25, 0.3) is 0 Å². The van der Waals surface area contributed by atoms with E-state index in [-0.39, 0.29) is 23.7 Å². The molecule has 0 bridgehead atoms. The third-order valence-corrected chi connectivity index (χ3v) is 4.66. The number of fused-ring (bicyclic) bond motifs is 1. The second kappa shape index (κ2) is 6.75. The minimum Gasteiger partial charge on any atom is -0.493 e. The zero-order valence-electron chi connectivity index (χ0n) is 13.9. The number of hydrogen-bond donors (Lipinski definition) is 2. The van der Waals surface area contributed by atoms with Crippen molar-refractivity contribution in [1.29, 1.82) is 0 Å². The highest BCUT2D eigenvalue weighted by molar-refractivity contribution is 5.94. The number of ether oxygens (including phenoxy) is 1. The number of benzene rings is 2. The molecule has 0 aromatic heterocycles. The van der Waals surface area contributed by atoms with Crippen LogP contribution in [0.15, 0.2) is 42.5 Å². The molecule has 4 rings (SSSR count). The van der Waals surface area contributed by atoms with Gasteiger partial charge in [-0.15, -0.1) is 0 Å². The Kier molecular flexibility index (Phi) is 4.30. The molecule has 1 aliphatic heterocycles. The highest BCUT2D eigenvalue weighted by atomic mass is 19.1. The average molecular weight is 340 g/mol. The molecule has 5 heteroatoms. The maximum absolute atomic E-state index is 13.7. The molecule has 130 valence electrons. The number of hydrogen-bond acceptors (Lipinski definition) is 3. The van der Waals surface area contributed by atoms with Gasteiger partial charge in [-0.25, -0.2) is 4.39 Å². The molecule has 2 aromatic carbocycles. The Morgan fingerprint density at radius 3 is 2.76 bits per heavy atom. The third-order valence-electron chi connectivity index (χ3n) is 4.66. The molecule has 25 heavy (non-hydrogen) atoms. The fourth-order valence-electron chi connectivity index (χ4n) is 3.18. The van der Waals surface area contributed by atoms with Crippen molar-refractivity contribution in [2.24, 2.45) is 5.92 Å². The fourth-order valence-corrected chi connectivity index (χ4v) is 3.18. The molecule has 0 spiro atoms. The summed E-state index contributed by atoms with van der Waals surface area (Å²) in [6, 6.07) is 12.3. The van der Waals surface area contributed by atoms with Gasteiger partial charge < -0.3 is 15.4 Å². The Bertz CT molecular complexity index is 789. The summed E-state index contributed by atoms with van der Waals surface area (Å²) < 4.78 is 19.4. The third kappa shape index (κ3) is 3.76. The van der Waals surface area contributed by atoms with Crippen LogP contribution in [0.25, 0.3) is 0 Å². The van der Waals surface area contributed by atoms with Crippen molar-refractivity contribution in [3.05, 3.63) is 53.8 Å². The number of anilines is 2. The van der Waals surface area contributed by atoms with Gasteiger partial charge in [0, 0.05) is 22.9 Å². The Balaban J connectivity index is 1.53. The van der Waals surface area contributed by atoms with E-state index in [1.54, 1.807) is 6.07 Å². The second-order valence-electron chi connectivity index (χ2n) is 6.71. The Hall–Kier alpha value is -2.56. The van der Waals surface area contributed by atoms with E-state index in [1.807, 2.05) is 24.3 Å². The maximum atomic E-state index is 13.7. The smallest absolute Gasteiger partial charge is 0.227 e. The molecule has 1 aliphatic carbocycles. The van der Waals surface area contributed by atoms with Gasteiger partial charge in [0.15, 0.2) is 0 Å². The van der Waals surface area contributed by atoms with Gasteiger partial charge in [0.2, 0.25) is 5.91 Å². The highest BCUT2D eigenvalue weighted by Crippen LogP contribution is 2.35. The predicted molar refractivity (Wildman–Crippen MR) is 95.3 cm³/mol. The Morgan fingerprint density at radius 1 is 1.08 bits per heavy atom. The molecule has 4 nitrogen and oxygen atoms in total. The monoisotopic (exact) mass is 340 g/mol. The van der Waals surface area contributed by atoms with Gasteiger partial charge in [-0.3, -0.25) is 4.79 Å². The summed E-state index contributed by atoms with van der Waals surface area (Å²) >= 11 is 0. The molecule has 1 amide bonds. The van der Waals surface area contributed by atoms with Crippen molar-refractivity contribution in [3.8, 4) is 5.75 Å². The van der Waals surface area contributed by atoms with Gasteiger partial charge in [-0.2, -0.15) is 0 Å². The maximum Gasteiger partial charge on any atom is 0.227 e. The highest BCUT2D eigenvalue weighted by Gasteiger charge is 2.29. The summed E-state index contributed by atoms with van der Waals surface area (Å²) in [6.07, 6.45) is 3.71. The van der Waals surface area contributed by atoms with E-state index in [1.165, 1.54) is 12.1 Å². The zero-order valence-corrected chi connectivity index (χ0v) is 13.9. The van der Waals surface area contributed by atoms with Crippen LogP contribution >= 0.6 is 0 Å². The van der Waals surface area contributed by atoms with E-state index in [4.69, 9.17) is 4.74 Å². The molecule has 1 atom stereocenters. The standard InChI is InChI=1S/C20H21FN2O2/c21-14-8-9-19-17(11-14)18(5-2-10-25-19)22-15-3-1-4-16(12-15)23-20(24)13-6-7-13/h1,3-4,8-9,11-13,18,22H,2,5-7,10H2,(H,23,24). The normalized spacial score (nSPS) is 19.3. The summed E-state index contributed by atoms with van der Waals surface area (Å²) in [5.74, 6) is 0.731. The van der Waals surface area contributed by atoms with Crippen LogP contribution < -0.4 is 15.4 Å². The summed E-state index contributed by atoms with van der Waals surface area (Å²) in [7, 11) is 0.